The molecule has 0 saturated carbocycles. The molecule has 1 aromatic carbocycles. The van der Waals surface area contributed by atoms with Crippen LogP contribution in [0.4, 0.5) is 5.69 Å². The molecule has 0 bridgehead atoms. The summed E-state index contributed by atoms with van der Waals surface area (Å²) in [6, 6.07) is 10.2. The molecule has 4 nitrogen and oxygen atoms in total. The summed E-state index contributed by atoms with van der Waals surface area (Å²) in [6.45, 7) is 1.82. The molecule has 0 radical (unpaired) electrons. The zero-order valence-corrected chi connectivity index (χ0v) is 13.2. The van der Waals surface area contributed by atoms with Gasteiger partial charge in [-0.25, -0.2) is 0 Å². The molecule has 1 amide bonds. The third kappa shape index (κ3) is 2.58. The van der Waals surface area contributed by atoms with Gasteiger partial charge in [0.15, 0.2) is 0 Å². The van der Waals surface area contributed by atoms with Crippen molar-refractivity contribution in [2.24, 2.45) is 0 Å². The molecule has 1 unspecified atom stereocenters. The lowest BCUT2D eigenvalue weighted by molar-refractivity contribution is 0.0734. The number of fused-ring (bicyclic) bond motifs is 1. The summed E-state index contributed by atoms with van der Waals surface area (Å²) in [5.74, 6) is 0.164. The Balaban J connectivity index is 1.66. The van der Waals surface area contributed by atoms with Crippen molar-refractivity contribution in [1.29, 1.82) is 0 Å². The molecule has 1 N–H and O–H groups in total. The Morgan fingerprint density at radius 3 is 3.04 bits per heavy atom. The highest BCUT2D eigenvalue weighted by molar-refractivity contribution is 5.97. The van der Waals surface area contributed by atoms with Crippen LogP contribution in [0, 0.1) is 0 Å². The smallest absolute Gasteiger partial charge is 0.254 e. The summed E-state index contributed by atoms with van der Waals surface area (Å²) >= 11 is 0. The van der Waals surface area contributed by atoms with Crippen molar-refractivity contribution in [1.82, 2.24) is 9.88 Å². The van der Waals surface area contributed by atoms with Crippen molar-refractivity contribution >= 4 is 11.6 Å². The van der Waals surface area contributed by atoms with Crippen molar-refractivity contribution in [2.75, 3.05) is 18.4 Å². The lowest BCUT2D eigenvalue weighted by atomic mass is 9.96. The molecule has 0 aliphatic carbocycles. The molecule has 23 heavy (non-hydrogen) atoms. The average molecular weight is 307 g/mol. The third-order valence-electron chi connectivity index (χ3n) is 4.91. The molecule has 2 aliphatic heterocycles. The zero-order chi connectivity index (χ0) is 15.6. The molecular weight excluding hydrogens is 286 g/mol. The Labute approximate surface area is 136 Å². The fraction of sp³-hybridized carbons (Fsp3) is 0.368. The second kappa shape index (κ2) is 6.03. The lowest BCUT2D eigenvalue weighted by Gasteiger charge is -2.27. The van der Waals surface area contributed by atoms with Crippen LogP contribution in [0.5, 0.6) is 0 Å². The number of hydrogen-bond donors (Lipinski definition) is 1. The number of anilines is 1. The van der Waals surface area contributed by atoms with Crippen molar-refractivity contribution in [3.63, 3.8) is 0 Å². The van der Waals surface area contributed by atoms with Gasteiger partial charge in [-0.2, -0.15) is 0 Å². The van der Waals surface area contributed by atoms with E-state index in [1.807, 2.05) is 29.3 Å². The van der Waals surface area contributed by atoms with Crippen LogP contribution >= 0.6 is 0 Å². The van der Waals surface area contributed by atoms with E-state index in [-0.39, 0.29) is 11.9 Å². The number of rotatable bonds is 2. The summed E-state index contributed by atoms with van der Waals surface area (Å²) < 4.78 is 0. The molecule has 2 aliphatic rings. The molecule has 4 rings (SSSR count). The van der Waals surface area contributed by atoms with Gasteiger partial charge in [0.25, 0.3) is 5.91 Å². The van der Waals surface area contributed by atoms with Crippen LogP contribution in [-0.4, -0.2) is 28.9 Å². The Hall–Kier alpha value is -2.36. The predicted octanol–water partition coefficient (Wildman–Crippen LogP) is 3.42. The lowest BCUT2D eigenvalue weighted by Crippen LogP contribution is -2.32. The number of benzene rings is 1. The first-order valence-electron chi connectivity index (χ1n) is 8.41. The van der Waals surface area contributed by atoms with E-state index in [1.54, 1.807) is 6.20 Å². The summed E-state index contributed by atoms with van der Waals surface area (Å²) in [4.78, 5) is 19.4. The number of amides is 1. The number of nitrogens with zero attached hydrogens (tertiary/aromatic N) is 2. The van der Waals surface area contributed by atoms with Crippen molar-refractivity contribution in [3.8, 4) is 0 Å². The van der Waals surface area contributed by atoms with E-state index < -0.39 is 0 Å². The van der Waals surface area contributed by atoms with Crippen molar-refractivity contribution < 1.29 is 4.79 Å². The number of nitrogens with one attached hydrogen (secondary N) is 1. The highest BCUT2D eigenvalue weighted by Gasteiger charge is 2.32. The van der Waals surface area contributed by atoms with E-state index in [4.69, 9.17) is 0 Å². The van der Waals surface area contributed by atoms with Crippen LogP contribution in [-0.2, 0) is 6.42 Å². The number of pyridine rings is 1. The average Bonchev–Trinajstić information content (AvgIpc) is 3.11. The molecule has 3 heterocycles. The summed E-state index contributed by atoms with van der Waals surface area (Å²) in [6.07, 6.45) is 7.81. The van der Waals surface area contributed by atoms with Gasteiger partial charge in [0.05, 0.1) is 6.04 Å². The molecule has 1 fully saturated rings. The minimum atomic E-state index is 0.156. The van der Waals surface area contributed by atoms with Gasteiger partial charge >= 0.3 is 0 Å². The third-order valence-corrected chi connectivity index (χ3v) is 4.91. The van der Waals surface area contributed by atoms with E-state index in [9.17, 15) is 4.79 Å². The van der Waals surface area contributed by atoms with Gasteiger partial charge in [0.2, 0.25) is 0 Å². The monoisotopic (exact) mass is 307 g/mol. The molecule has 2 aromatic rings. The van der Waals surface area contributed by atoms with Gasteiger partial charge < -0.3 is 10.2 Å². The van der Waals surface area contributed by atoms with Gasteiger partial charge in [-0.15, -0.1) is 0 Å². The van der Waals surface area contributed by atoms with Crippen molar-refractivity contribution in [2.45, 2.75) is 31.7 Å². The highest BCUT2D eigenvalue weighted by atomic mass is 16.2. The largest absolute Gasteiger partial charge is 0.385 e. The van der Waals surface area contributed by atoms with Crippen LogP contribution in [0.15, 0.2) is 42.7 Å². The molecule has 4 heteroatoms. The second-order valence-electron chi connectivity index (χ2n) is 6.30. The number of likely N-dealkylation sites (tertiary alicyclic amines) is 1. The van der Waals surface area contributed by atoms with Crippen LogP contribution in [0.3, 0.4) is 0 Å². The standard InChI is InChI=1S/C19H21N3O/c23-19(16-6-1-8-17-15(16)7-3-11-21-17)22-12-4-9-18(22)14-5-2-10-20-13-14/h1-2,5-6,8,10,13,18,21H,3-4,7,9,11-12H2. The summed E-state index contributed by atoms with van der Waals surface area (Å²) in [5.41, 5.74) is 4.31. The minimum Gasteiger partial charge on any atom is -0.385 e. The normalized spacial score (nSPS) is 20.0. The Morgan fingerprint density at radius 2 is 2.17 bits per heavy atom. The van der Waals surface area contributed by atoms with Crippen LogP contribution < -0.4 is 5.32 Å². The van der Waals surface area contributed by atoms with Crippen LogP contribution in [0.1, 0.15) is 46.8 Å². The van der Waals surface area contributed by atoms with E-state index in [1.165, 1.54) is 5.56 Å². The first-order valence-corrected chi connectivity index (χ1v) is 8.41. The van der Waals surface area contributed by atoms with E-state index in [0.717, 1.165) is 55.6 Å². The number of hydrogen-bond acceptors (Lipinski definition) is 3. The Bertz CT molecular complexity index is 714. The fourth-order valence-electron chi connectivity index (χ4n) is 3.79. The van der Waals surface area contributed by atoms with Gasteiger partial charge in [-0.1, -0.05) is 12.1 Å². The minimum absolute atomic E-state index is 0.156. The van der Waals surface area contributed by atoms with Crippen molar-refractivity contribution in [3.05, 3.63) is 59.4 Å². The Kier molecular flexibility index (Phi) is 3.74. The maximum absolute atomic E-state index is 13.2. The molecule has 1 aromatic heterocycles. The number of carbonyl (C=O) groups excluding carboxylic acids is 1. The zero-order valence-electron chi connectivity index (χ0n) is 13.2. The summed E-state index contributed by atoms with van der Waals surface area (Å²) in [5, 5.41) is 3.41. The predicted molar refractivity (Wildman–Crippen MR) is 90.5 cm³/mol. The van der Waals surface area contributed by atoms with Gasteiger partial charge in [0, 0.05) is 36.7 Å². The fourth-order valence-corrected chi connectivity index (χ4v) is 3.79. The SMILES string of the molecule is O=C(c1cccc2c1CCCN2)N1CCCC1c1cccnc1. The number of aromatic nitrogens is 1. The quantitative estimate of drug-likeness (QED) is 0.924. The van der Waals surface area contributed by atoms with Gasteiger partial charge in [-0.3, -0.25) is 9.78 Å². The first-order chi connectivity index (χ1) is 11.3. The van der Waals surface area contributed by atoms with E-state index in [0.29, 0.717) is 0 Å². The van der Waals surface area contributed by atoms with E-state index >= 15 is 0 Å². The molecule has 1 saturated heterocycles. The topological polar surface area (TPSA) is 45.2 Å². The maximum atomic E-state index is 13.2. The first kappa shape index (κ1) is 14.2. The molecule has 0 spiro atoms. The second-order valence-corrected chi connectivity index (χ2v) is 6.30. The molecule has 118 valence electrons. The Morgan fingerprint density at radius 1 is 1.22 bits per heavy atom. The van der Waals surface area contributed by atoms with Crippen LogP contribution in [0.2, 0.25) is 0 Å². The molecule has 1 atom stereocenters. The summed E-state index contributed by atoms with van der Waals surface area (Å²) in [7, 11) is 0. The van der Waals surface area contributed by atoms with Gasteiger partial charge in [-0.05, 0) is 55.0 Å². The van der Waals surface area contributed by atoms with E-state index in [2.05, 4.69) is 22.4 Å². The molecular formula is C19H21N3O. The highest BCUT2D eigenvalue weighted by Crippen LogP contribution is 2.34. The maximum Gasteiger partial charge on any atom is 0.254 e. The number of carbonyl (C=O) groups is 1. The van der Waals surface area contributed by atoms with Gasteiger partial charge in [0.1, 0.15) is 0 Å². The van der Waals surface area contributed by atoms with Crippen LogP contribution in [0.25, 0.3) is 0 Å².